The van der Waals surface area contributed by atoms with Crippen molar-refractivity contribution in [3.8, 4) is 0 Å². The molecule has 2 fully saturated rings. The lowest BCUT2D eigenvalue weighted by molar-refractivity contribution is -0.135. The maximum absolute atomic E-state index is 12.3. The topological polar surface area (TPSA) is 67.7 Å². The summed E-state index contributed by atoms with van der Waals surface area (Å²) in [6.07, 6.45) is 4.37. The molecule has 0 aliphatic carbocycles. The Hall–Kier alpha value is -1.54. The Morgan fingerprint density at radius 2 is 2.22 bits per heavy atom. The highest BCUT2D eigenvalue weighted by molar-refractivity contribution is 8.01. The van der Waals surface area contributed by atoms with Gasteiger partial charge >= 0.3 is 0 Å². The van der Waals surface area contributed by atoms with E-state index in [9.17, 15) is 9.59 Å². The summed E-state index contributed by atoms with van der Waals surface area (Å²) < 4.78 is 7.58. The van der Waals surface area contributed by atoms with E-state index >= 15 is 0 Å². The number of likely N-dealkylation sites (tertiary alicyclic amines) is 1. The summed E-state index contributed by atoms with van der Waals surface area (Å²) in [7, 11) is 5.30. The SMILES string of the molecule is CN(C)C(=O)CO[C@H]1CSC2(C1)CN(C(=O)c1cn(C)cn1)C2. The average Bonchev–Trinajstić information content (AvgIpc) is 3.08. The van der Waals surface area contributed by atoms with E-state index in [1.807, 2.05) is 23.7 Å². The maximum Gasteiger partial charge on any atom is 0.274 e. The molecule has 23 heavy (non-hydrogen) atoms. The van der Waals surface area contributed by atoms with Crippen LogP contribution in [-0.2, 0) is 16.6 Å². The molecule has 0 aromatic carbocycles. The van der Waals surface area contributed by atoms with Gasteiger partial charge < -0.3 is 19.1 Å². The van der Waals surface area contributed by atoms with Gasteiger partial charge in [0, 0.05) is 46.2 Å². The number of hydrogen-bond donors (Lipinski definition) is 0. The first-order valence-electron chi connectivity index (χ1n) is 7.61. The van der Waals surface area contributed by atoms with Crippen molar-refractivity contribution in [1.29, 1.82) is 0 Å². The van der Waals surface area contributed by atoms with Crippen molar-refractivity contribution >= 4 is 23.6 Å². The van der Waals surface area contributed by atoms with Gasteiger partial charge in [0.25, 0.3) is 5.91 Å². The first kappa shape index (κ1) is 16.3. The molecular weight excluding hydrogens is 316 g/mol. The number of hydrogen-bond acceptors (Lipinski definition) is 5. The number of carbonyl (C=O) groups excluding carboxylic acids is 2. The molecule has 0 unspecified atom stereocenters. The number of amides is 2. The fraction of sp³-hybridized carbons (Fsp3) is 0.667. The zero-order valence-corrected chi connectivity index (χ0v) is 14.5. The normalized spacial score (nSPS) is 22.2. The van der Waals surface area contributed by atoms with Gasteiger partial charge in [-0.05, 0) is 6.42 Å². The number of aromatic nitrogens is 2. The molecule has 0 bridgehead atoms. The van der Waals surface area contributed by atoms with Crippen LogP contribution in [0, 0.1) is 0 Å². The molecule has 0 radical (unpaired) electrons. The minimum atomic E-state index is -0.0171. The molecule has 126 valence electrons. The monoisotopic (exact) mass is 338 g/mol. The molecule has 1 aromatic heterocycles. The highest BCUT2D eigenvalue weighted by Gasteiger charge is 2.51. The summed E-state index contributed by atoms with van der Waals surface area (Å²) in [5.74, 6) is 0.854. The molecule has 2 saturated heterocycles. The van der Waals surface area contributed by atoms with Gasteiger partial charge in [0.1, 0.15) is 12.3 Å². The summed E-state index contributed by atoms with van der Waals surface area (Å²) in [5, 5.41) is 0. The van der Waals surface area contributed by atoms with Crippen molar-refractivity contribution in [1.82, 2.24) is 19.4 Å². The fourth-order valence-corrected chi connectivity index (χ4v) is 4.48. The van der Waals surface area contributed by atoms with Crippen LogP contribution in [0.4, 0.5) is 0 Å². The largest absolute Gasteiger partial charge is 0.367 e. The van der Waals surface area contributed by atoms with E-state index in [4.69, 9.17) is 4.74 Å². The van der Waals surface area contributed by atoms with Gasteiger partial charge in [0.15, 0.2) is 0 Å². The number of carbonyl (C=O) groups is 2. The molecule has 1 spiro atoms. The molecule has 8 heteroatoms. The Kier molecular flexibility index (Phi) is 4.37. The van der Waals surface area contributed by atoms with Gasteiger partial charge in [0.2, 0.25) is 5.91 Å². The van der Waals surface area contributed by atoms with Crippen molar-refractivity contribution in [2.75, 3.05) is 39.5 Å². The summed E-state index contributed by atoms with van der Waals surface area (Å²) >= 11 is 1.85. The summed E-state index contributed by atoms with van der Waals surface area (Å²) in [4.78, 5) is 31.4. The van der Waals surface area contributed by atoms with E-state index in [1.165, 1.54) is 4.90 Å². The number of nitrogens with zero attached hydrogens (tertiary/aromatic N) is 4. The third-order valence-corrected chi connectivity index (χ3v) is 5.86. The van der Waals surface area contributed by atoms with Crippen LogP contribution in [0.15, 0.2) is 12.5 Å². The predicted octanol–water partition coefficient (Wildman–Crippen LogP) is 0.225. The fourth-order valence-electron chi connectivity index (χ4n) is 2.93. The molecule has 0 N–H and O–H groups in total. The van der Waals surface area contributed by atoms with Crippen LogP contribution in [0.2, 0.25) is 0 Å². The molecule has 2 aliphatic heterocycles. The van der Waals surface area contributed by atoms with E-state index < -0.39 is 0 Å². The highest BCUT2D eigenvalue weighted by atomic mass is 32.2. The second-order valence-electron chi connectivity index (χ2n) is 6.50. The summed E-state index contributed by atoms with van der Waals surface area (Å²) in [5.41, 5.74) is 0.495. The standard InChI is InChI=1S/C15H22N4O3S/c1-17(2)13(20)6-22-11-4-15(23-7-11)8-19(9-15)14(21)12-5-18(3)10-16-12/h5,10-11H,4,6-9H2,1-3H3/t11-/m1/s1. The first-order chi connectivity index (χ1) is 10.9. The van der Waals surface area contributed by atoms with E-state index in [-0.39, 0.29) is 29.3 Å². The molecule has 1 aromatic rings. The zero-order valence-electron chi connectivity index (χ0n) is 13.7. The van der Waals surface area contributed by atoms with Crippen molar-refractivity contribution in [3.63, 3.8) is 0 Å². The Morgan fingerprint density at radius 1 is 1.48 bits per heavy atom. The van der Waals surface area contributed by atoms with Crippen LogP contribution in [-0.4, -0.2) is 81.6 Å². The van der Waals surface area contributed by atoms with Gasteiger partial charge in [-0.2, -0.15) is 0 Å². The molecular formula is C15H22N4O3S. The lowest BCUT2D eigenvalue weighted by Crippen LogP contribution is -2.60. The van der Waals surface area contributed by atoms with Gasteiger partial charge in [-0.1, -0.05) is 0 Å². The van der Waals surface area contributed by atoms with Crippen molar-refractivity contribution < 1.29 is 14.3 Å². The Bertz CT molecular complexity index is 610. The lowest BCUT2D eigenvalue weighted by Gasteiger charge is -2.47. The van der Waals surface area contributed by atoms with Gasteiger partial charge in [-0.3, -0.25) is 9.59 Å². The van der Waals surface area contributed by atoms with E-state index in [0.29, 0.717) is 5.69 Å². The molecule has 1 atom stereocenters. The van der Waals surface area contributed by atoms with Crippen LogP contribution < -0.4 is 0 Å². The van der Waals surface area contributed by atoms with Crippen molar-refractivity contribution in [2.45, 2.75) is 17.3 Å². The number of ether oxygens (including phenoxy) is 1. The summed E-state index contributed by atoms with van der Waals surface area (Å²) in [6, 6.07) is 0. The number of rotatable bonds is 4. The van der Waals surface area contributed by atoms with Gasteiger partial charge in [0.05, 0.1) is 17.2 Å². The van der Waals surface area contributed by atoms with E-state index in [0.717, 1.165) is 25.3 Å². The zero-order chi connectivity index (χ0) is 16.6. The van der Waals surface area contributed by atoms with Crippen LogP contribution in [0.5, 0.6) is 0 Å². The Balaban J connectivity index is 1.47. The van der Waals surface area contributed by atoms with Crippen molar-refractivity contribution in [3.05, 3.63) is 18.2 Å². The predicted molar refractivity (Wildman–Crippen MR) is 87.4 cm³/mol. The molecule has 2 aliphatic rings. The quantitative estimate of drug-likeness (QED) is 0.786. The second kappa shape index (κ2) is 6.16. The Morgan fingerprint density at radius 3 is 2.83 bits per heavy atom. The number of imidazole rings is 1. The third kappa shape index (κ3) is 3.37. The van der Waals surface area contributed by atoms with Gasteiger partial charge in [-0.25, -0.2) is 4.98 Å². The minimum absolute atomic E-state index is 0.0102. The second-order valence-corrected chi connectivity index (χ2v) is 7.99. The van der Waals surface area contributed by atoms with Crippen molar-refractivity contribution in [2.24, 2.45) is 7.05 Å². The highest BCUT2D eigenvalue weighted by Crippen LogP contribution is 2.46. The van der Waals surface area contributed by atoms with Gasteiger partial charge in [-0.15, -0.1) is 11.8 Å². The summed E-state index contributed by atoms with van der Waals surface area (Å²) in [6.45, 7) is 1.59. The van der Waals surface area contributed by atoms with Crippen LogP contribution in [0.25, 0.3) is 0 Å². The van der Waals surface area contributed by atoms with Crippen LogP contribution in [0.3, 0.4) is 0 Å². The van der Waals surface area contributed by atoms with Crippen LogP contribution in [0.1, 0.15) is 16.9 Å². The third-order valence-electron chi connectivity index (χ3n) is 4.29. The minimum Gasteiger partial charge on any atom is -0.367 e. The lowest BCUT2D eigenvalue weighted by atomic mass is 9.92. The number of thioether (sulfide) groups is 1. The van der Waals surface area contributed by atoms with Crippen LogP contribution >= 0.6 is 11.8 Å². The first-order valence-corrected chi connectivity index (χ1v) is 8.60. The molecule has 3 heterocycles. The molecule has 0 saturated carbocycles. The molecule has 7 nitrogen and oxygen atoms in total. The molecule has 3 rings (SSSR count). The maximum atomic E-state index is 12.3. The number of aryl methyl sites for hydroxylation is 1. The van der Waals surface area contributed by atoms with E-state index in [2.05, 4.69) is 4.98 Å². The Labute approximate surface area is 140 Å². The smallest absolute Gasteiger partial charge is 0.274 e. The molecule has 2 amide bonds. The van der Waals surface area contributed by atoms with E-state index in [1.54, 1.807) is 31.2 Å². The average molecular weight is 338 g/mol. The number of likely N-dealkylation sites (N-methyl/N-ethyl adjacent to an activating group) is 1.